The molecule has 2 N–H and O–H groups in total. The molecule has 1 aliphatic rings. The van der Waals surface area contributed by atoms with Crippen molar-refractivity contribution in [2.75, 3.05) is 11.9 Å². The standard InChI is InChI=1S/C11H9NO4S/c13-11(14)10-9-6(5-15-10)12-4-7(16-9)8-2-1-3-17-8/h1-3,5,7,12H,4H2,(H,13,14). The van der Waals surface area contributed by atoms with Crippen LogP contribution in [0.3, 0.4) is 0 Å². The Labute approximate surface area is 101 Å². The molecule has 0 saturated heterocycles. The summed E-state index contributed by atoms with van der Waals surface area (Å²) in [6, 6.07) is 3.90. The van der Waals surface area contributed by atoms with E-state index in [1.54, 1.807) is 11.3 Å². The highest BCUT2D eigenvalue weighted by molar-refractivity contribution is 7.10. The van der Waals surface area contributed by atoms with Crippen LogP contribution < -0.4 is 10.1 Å². The number of anilines is 1. The fraction of sp³-hybridized carbons (Fsp3) is 0.182. The van der Waals surface area contributed by atoms with Crippen molar-refractivity contribution in [3.63, 3.8) is 0 Å². The third-order valence-electron chi connectivity index (χ3n) is 2.54. The highest BCUT2D eigenvalue weighted by Crippen LogP contribution is 2.39. The number of thiophene rings is 1. The number of aromatic carboxylic acids is 1. The molecule has 17 heavy (non-hydrogen) atoms. The fourth-order valence-corrected chi connectivity index (χ4v) is 2.51. The maximum atomic E-state index is 10.9. The van der Waals surface area contributed by atoms with Gasteiger partial charge in [0.05, 0.1) is 6.54 Å². The second kappa shape index (κ2) is 3.81. The van der Waals surface area contributed by atoms with Crippen LogP contribution in [-0.4, -0.2) is 17.6 Å². The van der Waals surface area contributed by atoms with Crippen LogP contribution in [0.1, 0.15) is 21.5 Å². The van der Waals surface area contributed by atoms with Gasteiger partial charge in [0.2, 0.25) is 0 Å². The lowest BCUT2D eigenvalue weighted by Crippen LogP contribution is -2.22. The third kappa shape index (κ3) is 1.66. The first-order valence-corrected chi connectivity index (χ1v) is 5.92. The Hall–Kier alpha value is -1.95. The number of carbonyl (C=O) groups is 1. The Kier molecular flexibility index (Phi) is 2.29. The quantitative estimate of drug-likeness (QED) is 0.858. The van der Waals surface area contributed by atoms with Crippen molar-refractivity contribution in [1.29, 1.82) is 0 Å². The number of rotatable bonds is 2. The zero-order chi connectivity index (χ0) is 11.8. The second-order valence-electron chi connectivity index (χ2n) is 3.62. The minimum atomic E-state index is -1.13. The molecule has 0 fully saturated rings. The molecule has 0 amide bonds. The van der Waals surface area contributed by atoms with Crippen LogP contribution in [0.15, 0.2) is 28.2 Å². The highest BCUT2D eigenvalue weighted by atomic mass is 32.1. The maximum absolute atomic E-state index is 10.9. The minimum Gasteiger partial charge on any atom is -0.477 e. The first-order chi connectivity index (χ1) is 8.25. The van der Waals surface area contributed by atoms with E-state index < -0.39 is 5.97 Å². The van der Waals surface area contributed by atoms with E-state index in [0.29, 0.717) is 12.2 Å². The number of furan rings is 1. The van der Waals surface area contributed by atoms with Gasteiger partial charge in [-0.05, 0) is 11.4 Å². The summed E-state index contributed by atoms with van der Waals surface area (Å²) in [7, 11) is 0. The van der Waals surface area contributed by atoms with Crippen LogP contribution in [0.25, 0.3) is 0 Å². The van der Waals surface area contributed by atoms with Gasteiger partial charge in [-0.3, -0.25) is 0 Å². The minimum absolute atomic E-state index is 0.159. The van der Waals surface area contributed by atoms with E-state index in [9.17, 15) is 4.79 Å². The van der Waals surface area contributed by atoms with Crippen molar-refractivity contribution >= 4 is 23.0 Å². The van der Waals surface area contributed by atoms with Gasteiger partial charge in [0.25, 0.3) is 5.76 Å². The van der Waals surface area contributed by atoms with E-state index in [1.807, 2.05) is 17.5 Å². The normalized spacial score (nSPS) is 18.0. The number of fused-ring (bicyclic) bond motifs is 1. The summed E-state index contributed by atoms with van der Waals surface area (Å²) >= 11 is 1.58. The lowest BCUT2D eigenvalue weighted by Gasteiger charge is -2.23. The van der Waals surface area contributed by atoms with Gasteiger partial charge in [-0.25, -0.2) is 4.79 Å². The molecule has 2 aromatic heterocycles. The first-order valence-electron chi connectivity index (χ1n) is 5.04. The zero-order valence-electron chi connectivity index (χ0n) is 8.67. The van der Waals surface area contributed by atoms with E-state index in [1.165, 1.54) is 6.26 Å². The Morgan fingerprint density at radius 1 is 1.59 bits per heavy atom. The Bertz CT molecular complexity index is 546. The molecular weight excluding hydrogens is 242 g/mol. The number of nitrogens with one attached hydrogen (secondary N) is 1. The molecule has 2 aromatic rings. The van der Waals surface area contributed by atoms with Crippen molar-refractivity contribution in [3.8, 4) is 5.75 Å². The zero-order valence-corrected chi connectivity index (χ0v) is 9.49. The van der Waals surface area contributed by atoms with Crippen molar-refractivity contribution in [3.05, 3.63) is 34.4 Å². The van der Waals surface area contributed by atoms with Crippen LogP contribution in [0.5, 0.6) is 5.75 Å². The molecule has 0 radical (unpaired) electrons. The predicted octanol–water partition coefficient (Wildman–Crippen LogP) is 2.58. The van der Waals surface area contributed by atoms with E-state index in [4.69, 9.17) is 14.3 Å². The van der Waals surface area contributed by atoms with Gasteiger partial charge in [-0.2, -0.15) is 0 Å². The summed E-state index contributed by atoms with van der Waals surface area (Å²) in [6.07, 6.45) is 1.20. The van der Waals surface area contributed by atoms with Crippen LogP contribution in [-0.2, 0) is 0 Å². The summed E-state index contributed by atoms with van der Waals surface area (Å²) in [5.41, 5.74) is 0.593. The predicted molar refractivity (Wildman–Crippen MR) is 61.8 cm³/mol. The molecule has 0 spiro atoms. The van der Waals surface area contributed by atoms with Crippen LogP contribution in [0, 0.1) is 0 Å². The Morgan fingerprint density at radius 3 is 3.18 bits per heavy atom. The van der Waals surface area contributed by atoms with Gasteiger partial charge in [-0.15, -0.1) is 11.3 Å². The van der Waals surface area contributed by atoms with Crippen LogP contribution in [0.2, 0.25) is 0 Å². The molecule has 88 valence electrons. The average molecular weight is 251 g/mol. The fourth-order valence-electron chi connectivity index (χ4n) is 1.75. The van der Waals surface area contributed by atoms with Crippen molar-refractivity contribution in [1.82, 2.24) is 0 Å². The van der Waals surface area contributed by atoms with Crippen molar-refractivity contribution in [2.24, 2.45) is 0 Å². The number of hydrogen-bond donors (Lipinski definition) is 2. The molecule has 1 aliphatic heterocycles. The molecule has 1 unspecified atom stereocenters. The largest absolute Gasteiger partial charge is 0.477 e. The second-order valence-corrected chi connectivity index (χ2v) is 4.59. The first kappa shape index (κ1) is 10.2. The van der Waals surface area contributed by atoms with E-state index in [-0.39, 0.29) is 17.6 Å². The lowest BCUT2D eigenvalue weighted by molar-refractivity contribution is 0.0652. The summed E-state index contributed by atoms with van der Waals surface area (Å²) in [4.78, 5) is 12.0. The van der Waals surface area contributed by atoms with Gasteiger partial charge in [0.1, 0.15) is 12.0 Å². The number of ether oxygens (including phenoxy) is 1. The molecule has 3 heterocycles. The van der Waals surface area contributed by atoms with Gasteiger partial charge in [0.15, 0.2) is 11.9 Å². The molecule has 0 aromatic carbocycles. The molecule has 0 aliphatic carbocycles. The molecule has 1 atom stereocenters. The number of carboxylic acid groups (broad SMARTS) is 1. The molecule has 0 bridgehead atoms. The highest BCUT2D eigenvalue weighted by Gasteiger charge is 2.29. The maximum Gasteiger partial charge on any atom is 0.375 e. The number of carboxylic acids is 1. The van der Waals surface area contributed by atoms with E-state index in [0.717, 1.165) is 4.88 Å². The monoisotopic (exact) mass is 251 g/mol. The van der Waals surface area contributed by atoms with Crippen molar-refractivity contribution in [2.45, 2.75) is 6.10 Å². The van der Waals surface area contributed by atoms with Crippen LogP contribution >= 0.6 is 11.3 Å². The number of hydrogen-bond acceptors (Lipinski definition) is 5. The summed E-state index contributed by atoms with van der Waals surface area (Å²) < 4.78 is 10.6. The Balaban J connectivity index is 1.94. The topological polar surface area (TPSA) is 71.7 Å². The van der Waals surface area contributed by atoms with Gasteiger partial charge in [0, 0.05) is 4.88 Å². The summed E-state index contributed by atoms with van der Waals surface area (Å²) in [5, 5.41) is 14.0. The molecule has 6 heteroatoms. The average Bonchev–Trinajstić information content (AvgIpc) is 2.97. The van der Waals surface area contributed by atoms with Gasteiger partial charge >= 0.3 is 5.97 Å². The molecular formula is C11H9NO4S. The summed E-state index contributed by atoms with van der Waals surface area (Å²) in [5.74, 6) is -1.00. The van der Waals surface area contributed by atoms with Crippen molar-refractivity contribution < 1.29 is 19.1 Å². The molecule has 5 nitrogen and oxygen atoms in total. The smallest absolute Gasteiger partial charge is 0.375 e. The lowest BCUT2D eigenvalue weighted by atomic mass is 10.2. The van der Waals surface area contributed by atoms with E-state index in [2.05, 4.69) is 5.32 Å². The third-order valence-corrected chi connectivity index (χ3v) is 3.50. The van der Waals surface area contributed by atoms with Gasteiger partial charge < -0.3 is 19.6 Å². The molecule has 0 saturated carbocycles. The Morgan fingerprint density at radius 2 is 2.47 bits per heavy atom. The summed E-state index contributed by atoms with van der Waals surface area (Å²) in [6.45, 7) is 0.603. The SMILES string of the molecule is O=C(O)c1occ2c1OC(c1cccs1)CN2. The van der Waals surface area contributed by atoms with Crippen LogP contribution in [0.4, 0.5) is 5.69 Å². The van der Waals surface area contributed by atoms with Gasteiger partial charge in [-0.1, -0.05) is 6.07 Å². The molecule has 3 rings (SSSR count). The van der Waals surface area contributed by atoms with E-state index >= 15 is 0 Å².